The van der Waals surface area contributed by atoms with Crippen molar-refractivity contribution in [3.05, 3.63) is 65.2 Å². The first-order valence-corrected chi connectivity index (χ1v) is 6.99. The van der Waals surface area contributed by atoms with Crippen LogP contribution in [0.5, 0.6) is 5.75 Å². The van der Waals surface area contributed by atoms with Gasteiger partial charge in [-0.25, -0.2) is 8.78 Å². The van der Waals surface area contributed by atoms with E-state index in [0.29, 0.717) is 18.5 Å². The number of halogens is 2. The molecule has 0 spiro atoms. The van der Waals surface area contributed by atoms with Gasteiger partial charge in [-0.3, -0.25) is 0 Å². The lowest BCUT2D eigenvalue weighted by Crippen LogP contribution is -2.30. The standard InChI is InChI=1S/C17H19F2NO/c1-12(8-13-2-4-17(21)5-3-13)20-7-6-14-9-15(18)11-16(19)10-14/h2-5,9-12,20-21H,6-8H2,1H3. The lowest BCUT2D eigenvalue weighted by atomic mass is 10.1. The van der Waals surface area contributed by atoms with Crippen molar-refractivity contribution in [2.75, 3.05) is 6.54 Å². The zero-order chi connectivity index (χ0) is 15.2. The van der Waals surface area contributed by atoms with Crippen LogP contribution in [0.2, 0.25) is 0 Å². The second-order valence-corrected chi connectivity index (χ2v) is 5.25. The molecule has 2 N–H and O–H groups in total. The summed E-state index contributed by atoms with van der Waals surface area (Å²) in [6, 6.07) is 10.9. The summed E-state index contributed by atoms with van der Waals surface area (Å²) in [6.07, 6.45) is 1.41. The summed E-state index contributed by atoms with van der Waals surface area (Å²) in [5.41, 5.74) is 1.78. The van der Waals surface area contributed by atoms with E-state index in [0.717, 1.165) is 18.1 Å². The van der Waals surface area contributed by atoms with Crippen LogP contribution in [0.25, 0.3) is 0 Å². The summed E-state index contributed by atoms with van der Waals surface area (Å²) >= 11 is 0. The molecule has 0 saturated carbocycles. The van der Waals surface area contributed by atoms with E-state index in [2.05, 4.69) is 12.2 Å². The predicted molar refractivity (Wildman–Crippen MR) is 79.3 cm³/mol. The first-order chi connectivity index (χ1) is 10.0. The number of aromatic hydroxyl groups is 1. The van der Waals surface area contributed by atoms with Gasteiger partial charge in [0.05, 0.1) is 0 Å². The second-order valence-electron chi connectivity index (χ2n) is 5.25. The zero-order valence-corrected chi connectivity index (χ0v) is 11.9. The molecule has 0 aliphatic carbocycles. The van der Waals surface area contributed by atoms with E-state index in [-0.39, 0.29) is 11.8 Å². The molecule has 0 bridgehead atoms. The zero-order valence-electron chi connectivity index (χ0n) is 11.9. The third-order valence-electron chi connectivity index (χ3n) is 3.31. The molecule has 0 radical (unpaired) electrons. The van der Waals surface area contributed by atoms with Gasteiger partial charge in [-0.05, 0) is 61.7 Å². The molecule has 1 atom stereocenters. The number of nitrogens with one attached hydrogen (secondary N) is 1. The summed E-state index contributed by atoms with van der Waals surface area (Å²) < 4.78 is 26.1. The normalized spacial score (nSPS) is 12.3. The fourth-order valence-corrected chi connectivity index (χ4v) is 2.28. The Morgan fingerprint density at radius 1 is 1.00 bits per heavy atom. The van der Waals surface area contributed by atoms with E-state index >= 15 is 0 Å². The minimum atomic E-state index is -0.540. The van der Waals surface area contributed by atoms with Gasteiger partial charge in [-0.2, -0.15) is 0 Å². The van der Waals surface area contributed by atoms with Gasteiger partial charge in [-0.1, -0.05) is 12.1 Å². The lowest BCUT2D eigenvalue weighted by molar-refractivity contribution is 0.474. The highest BCUT2D eigenvalue weighted by Gasteiger charge is 2.05. The molecule has 4 heteroatoms. The summed E-state index contributed by atoms with van der Waals surface area (Å²) in [6.45, 7) is 2.71. The molecule has 0 aliphatic rings. The largest absolute Gasteiger partial charge is 0.508 e. The van der Waals surface area contributed by atoms with Gasteiger partial charge in [0.15, 0.2) is 0 Å². The van der Waals surface area contributed by atoms with Gasteiger partial charge < -0.3 is 10.4 Å². The Kier molecular flexibility index (Phi) is 5.28. The maximum atomic E-state index is 13.1. The number of hydrogen-bond acceptors (Lipinski definition) is 2. The summed E-state index contributed by atoms with van der Waals surface area (Å²) in [7, 11) is 0. The lowest BCUT2D eigenvalue weighted by Gasteiger charge is -2.14. The topological polar surface area (TPSA) is 32.3 Å². The van der Waals surface area contributed by atoms with E-state index in [1.54, 1.807) is 12.1 Å². The minimum absolute atomic E-state index is 0.243. The first-order valence-electron chi connectivity index (χ1n) is 6.99. The number of phenolic OH excluding ortho intramolecular Hbond substituents is 1. The highest BCUT2D eigenvalue weighted by atomic mass is 19.1. The molecule has 0 saturated heterocycles. The monoisotopic (exact) mass is 291 g/mol. The summed E-state index contributed by atoms with van der Waals surface area (Å²) in [5.74, 6) is -0.822. The Morgan fingerprint density at radius 3 is 2.24 bits per heavy atom. The van der Waals surface area contributed by atoms with Crippen LogP contribution in [0.15, 0.2) is 42.5 Å². The van der Waals surface area contributed by atoms with Gasteiger partial charge >= 0.3 is 0 Å². The Labute approximate surface area is 123 Å². The van der Waals surface area contributed by atoms with Gasteiger partial charge in [0.25, 0.3) is 0 Å². The van der Waals surface area contributed by atoms with Crippen LogP contribution in [0.4, 0.5) is 8.78 Å². The van der Waals surface area contributed by atoms with Crippen LogP contribution in [0.3, 0.4) is 0 Å². The second kappa shape index (κ2) is 7.18. The molecule has 2 aromatic rings. The number of hydrogen-bond donors (Lipinski definition) is 2. The Morgan fingerprint density at radius 2 is 1.62 bits per heavy atom. The summed E-state index contributed by atoms with van der Waals surface area (Å²) in [5, 5.41) is 12.6. The van der Waals surface area contributed by atoms with Crippen molar-refractivity contribution in [1.29, 1.82) is 0 Å². The van der Waals surface area contributed by atoms with Crippen molar-refractivity contribution in [3.8, 4) is 5.75 Å². The van der Waals surface area contributed by atoms with Crippen LogP contribution in [-0.2, 0) is 12.8 Å². The molecule has 0 aromatic heterocycles. The molecule has 2 aromatic carbocycles. The molecule has 2 rings (SSSR count). The molecule has 0 heterocycles. The maximum absolute atomic E-state index is 13.1. The number of rotatable bonds is 6. The van der Waals surface area contributed by atoms with Crippen molar-refractivity contribution < 1.29 is 13.9 Å². The SMILES string of the molecule is CC(Cc1ccc(O)cc1)NCCc1cc(F)cc(F)c1. The smallest absolute Gasteiger partial charge is 0.126 e. The number of phenols is 1. The van der Waals surface area contributed by atoms with E-state index < -0.39 is 11.6 Å². The van der Waals surface area contributed by atoms with Crippen LogP contribution in [-0.4, -0.2) is 17.7 Å². The fourth-order valence-electron chi connectivity index (χ4n) is 2.28. The number of benzene rings is 2. The van der Waals surface area contributed by atoms with Crippen molar-refractivity contribution >= 4 is 0 Å². The molecule has 0 fully saturated rings. The molecule has 1 unspecified atom stereocenters. The van der Waals surface area contributed by atoms with E-state index in [1.807, 2.05) is 12.1 Å². The summed E-state index contributed by atoms with van der Waals surface area (Å²) in [4.78, 5) is 0. The quantitative estimate of drug-likeness (QED) is 0.854. The van der Waals surface area contributed by atoms with Gasteiger partial charge in [0.2, 0.25) is 0 Å². The van der Waals surface area contributed by atoms with Crippen LogP contribution in [0, 0.1) is 11.6 Å². The van der Waals surface area contributed by atoms with E-state index in [4.69, 9.17) is 0 Å². The highest BCUT2D eigenvalue weighted by Crippen LogP contribution is 2.11. The van der Waals surface area contributed by atoms with Gasteiger partial charge in [-0.15, -0.1) is 0 Å². The third-order valence-corrected chi connectivity index (χ3v) is 3.31. The van der Waals surface area contributed by atoms with Gasteiger partial charge in [0, 0.05) is 12.1 Å². The van der Waals surface area contributed by atoms with Crippen LogP contribution in [0.1, 0.15) is 18.1 Å². The van der Waals surface area contributed by atoms with Crippen LogP contribution < -0.4 is 5.32 Å². The molecular weight excluding hydrogens is 272 g/mol. The van der Waals surface area contributed by atoms with Crippen molar-refractivity contribution in [3.63, 3.8) is 0 Å². The average Bonchev–Trinajstić information content (AvgIpc) is 2.40. The van der Waals surface area contributed by atoms with Crippen LogP contribution >= 0.6 is 0 Å². The Bertz CT molecular complexity index is 564. The molecule has 0 amide bonds. The highest BCUT2D eigenvalue weighted by molar-refractivity contribution is 5.26. The van der Waals surface area contributed by atoms with Crippen molar-refractivity contribution in [1.82, 2.24) is 5.32 Å². The van der Waals surface area contributed by atoms with Crippen molar-refractivity contribution in [2.45, 2.75) is 25.8 Å². The van der Waals surface area contributed by atoms with E-state index in [9.17, 15) is 13.9 Å². The maximum Gasteiger partial charge on any atom is 0.126 e. The average molecular weight is 291 g/mol. The van der Waals surface area contributed by atoms with Gasteiger partial charge in [0.1, 0.15) is 17.4 Å². The molecular formula is C17H19F2NO. The fraction of sp³-hybridized carbons (Fsp3) is 0.294. The molecule has 2 nitrogen and oxygen atoms in total. The Hall–Kier alpha value is -1.94. The molecule has 112 valence electrons. The third kappa shape index (κ3) is 5.16. The molecule has 21 heavy (non-hydrogen) atoms. The predicted octanol–water partition coefficient (Wildman–Crippen LogP) is 3.43. The molecule has 0 aliphatic heterocycles. The van der Waals surface area contributed by atoms with E-state index in [1.165, 1.54) is 12.1 Å². The van der Waals surface area contributed by atoms with Crippen molar-refractivity contribution in [2.24, 2.45) is 0 Å². The first kappa shape index (κ1) is 15.4. The minimum Gasteiger partial charge on any atom is -0.508 e. The Balaban J connectivity index is 1.78.